The Morgan fingerprint density at radius 1 is 0.577 bits per heavy atom. The van der Waals surface area contributed by atoms with Gasteiger partial charge in [-0.15, -0.1) is 0 Å². The van der Waals surface area contributed by atoms with Gasteiger partial charge in [-0.1, -0.05) is 152 Å². The van der Waals surface area contributed by atoms with Crippen LogP contribution >= 0.6 is 0 Å². The van der Waals surface area contributed by atoms with Gasteiger partial charge in [0.05, 0.1) is 40.3 Å². The lowest BCUT2D eigenvalue weighted by Crippen LogP contribution is -2.55. The Hall–Kier alpha value is -2.71. The number of ether oxygens (including phenoxy) is 3. The van der Waals surface area contributed by atoms with Gasteiger partial charge in [0.25, 0.3) is 0 Å². The molecule has 8 heteroatoms. The molecule has 300 valence electrons. The van der Waals surface area contributed by atoms with Gasteiger partial charge in [-0.2, -0.15) is 0 Å². The molecule has 0 aliphatic rings. The molecule has 0 aliphatic heterocycles. The van der Waals surface area contributed by atoms with Crippen LogP contribution in [-0.2, 0) is 28.6 Å². The summed E-state index contributed by atoms with van der Waals surface area (Å²) < 4.78 is 17.1. The largest absolute Gasteiger partial charge is 0.544 e. The smallest absolute Gasteiger partial charge is 0.306 e. The molecule has 0 saturated heterocycles. The highest BCUT2D eigenvalue weighted by Crippen LogP contribution is 2.13. The Morgan fingerprint density at radius 3 is 1.54 bits per heavy atom. The summed E-state index contributed by atoms with van der Waals surface area (Å²) in [5.41, 5.74) is 0. The van der Waals surface area contributed by atoms with Crippen molar-refractivity contribution in [2.24, 2.45) is 0 Å². The van der Waals surface area contributed by atoms with E-state index in [1.807, 2.05) is 6.08 Å². The summed E-state index contributed by atoms with van der Waals surface area (Å²) in [6.45, 7) is 4.57. The highest BCUT2D eigenvalue weighted by molar-refractivity contribution is 5.70. The average molecular weight is 732 g/mol. The molecule has 0 saturated carbocycles. The Bertz CT molecular complexity index is 995. The number of carbonyl (C=O) groups excluding carboxylic acids is 3. The number of rotatable bonds is 36. The van der Waals surface area contributed by atoms with E-state index in [-0.39, 0.29) is 42.7 Å². The third-order valence-corrected chi connectivity index (χ3v) is 9.06. The Kier molecular flexibility index (Phi) is 33.5. The molecular formula is C44H77NO7. The molecule has 0 aliphatic carbocycles. The van der Waals surface area contributed by atoms with Crippen molar-refractivity contribution in [3.8, 4) is 0 Å². The van der Waals surface area contributed by atoms with Crippen molar-refractivity contribution in [3.05, 3.63) is 48.6 Å². The number of carboxylic acid groups (broad SMARTS) is 1. The van der Waals surface area contributed by atoms with E-state index in [2.05, 4.69) is 56.4 Å². The summed E-state index contributed by atoms with van der Waals surface area (Å²) >= 11 is 0. The summed E-state index contributed by atoms with van der Waals surface area (Å²) in [6.07, 6.45) is 39.8. The number of allylic oxidation sites excluding steroid dienone is 8. The van der Waals surface area contributed by atoms with Crippen LogP contribution in [0.25, 0.3) is 0 Å². The van der Waals surface area contributed by atoms with Crippen LogP contribution in [0, 0.1) is 0 Å². The highest BCUT2D eigenvalue weighted by Gasteiger charge is 2.25. The first kappa shape index (κ1) is 49.3. The number of likely N-dealkylation sites (N-methyl/N-ethyl adjacent to an activating group) is 1. The molecule has 2 atom stereocenters. The van der Waals surface area contributed by atoms with Crippen LogP contribution < -0.4 is 5.11 Å². The first-order chi connectivity index (χ1) is 25.1. The lowest BCUT2D eigenvalue weighted by atomic mass is 10.1. The second-order valence-corrected chi connectivity index (χ2v) is 15.0. The van der Waals surface area contributed by atoms with E-state index in [0.717, 1.165) is 64.2 Å². The SMILES string of the molecule is CCCCC/C=C/C=C/C=C/C=C/CCCCCCCC(=O)OC(COCCC(C(=O)[O-])[N+](C)(C)C)COC(=O)CCCCCCCCCCCC. The molecule has 0 amide bonds. The number of aliphatic carboxylic acids is 1. The third kappa shape index (κ3) is 33.1. The molecule has 52 heavy (non-hydrogen) atoms. The molecule has 0 radical (unpaired) electrons. The number of esters is 2. The number of unbranched alkanes of at least 4 members (excludes halogenated alkanes) is 17. The van der Waals surface area contributed by atoms with Gasteiger partial charge in [0.1, 0.15) is 12.6 Å². The van der Waals surface area contributed by atoms with Gasteiger partial charge in [0.2, 0.25) is 0 Å². The van der Waals surface area contributed by atoms with E-state index in [9.17, 15) is 19.5 Å². The van der Waals surface area contributed by atoms with E-state index < -0.39 is 18.1 Å². The zero-order valence-corrected chi connectivity index (χ0v) is 34.0. The maximum absolute atomic E-state index is 12.7. The maximum atomic E-state index is 12.7. The standard InChI is InChI=1S/C44H77NO7/c1-6-8-10-12-14-16-18-19-20-21-22-23-24-25-27-29-31-33-35-43(47)52-40(38-50-37-36-41(44(48)49)45(3,4)5)39-51-42(46)34-32-30-28-26-17-15-13-11-9-7-2/h14,16,18-23,40-41H,6-13,15,17,24-39H2,1-5H3/b16-14+,19-18+,21-20+,23-22+. The molecule has 0 spiro atoms. The lowest BCUT2D eigenvalue weighted by molar-refractivity contribution is -0.889. The van der Waals surface area contributed by atoms with Crippen LogP contribution in [-0.4, -0.2) is 75.5 Å². The molecule has 0 aromatic rings. The summed E-state index contributed by atoms with van der Waals surface area (Å²) in [5.74, 6) is -1.77. The third-order valence-electron chi connectivity index (χ3n) is 9.06. The van der Waals surface area contributed by atoms with Gasteiger partial charge in [-0.3, -0.25) is 9.59 Å². The number of hydrogen-bond acceptors (Lipinski definition) is 7. The Labute approximate surface area is 318 Å². The molecule has 0 aromatic heterocycles. The first-order valence-electron chi connectivity index (χ1n) is 20.7. The van der Waals surface area contributed by atoms with Crippen LogP contribution in [0.4, 0.5) is 0 Å². The van der Waals surface area contributed by atoms with Crippen molar-refractivity contribution in [1.82, 2.24) is 0 Å². The summed E-state index contributed by atoms with van der Waals surface area (Å²) in [4.78, 5) is 36.7. The molecule has 0 rings (SSSR count). The van der Waals surface area contributed by atoms with Gasteiger partial charge in [-0.05, 0) is 38.5 Å². The number of hydrogen-bond donors (Lipinski definition) is 0. The minimum Gasteiger partial charge on any atom is -0.544 e. The lowest BCUT2D eigenvalue weighted by Gasteiger charge is -2.34. The minimum atomic E-state index is -1.13. The number of nitrogens with zero attached hydrogens (tertiary/aromatic N) is 1. The Morgan fingerprint density at radius 2 is 1.02 bits per heavy atom. The fourth-order valence-corrected chi connectivity index (χ4v) is 5.79. The second-order valence-electron chi connectivity index (χ2n) is 15.0. The van der Waals surface area contributed by atoms with E-state index in [1.165, 1.54) is 64.2 Å². The van der Waals surface area contributed by atoms with Crippen molar-refractivity contribution in [2.45, 2.75) is 174 Å². The first-order valence-corrected chi connectivity index (χ1v) is 20.7. The van der Waals surface area contributed by atoms with Crippen LogP contribution in [0.5, 0.6) is 0 Å². The van der Waals surface area contributed by atoms with Crippen LogP contribution in [0.3, 0.4) is 0 Å². The van der Waals surface area contributed by atoms with Crippen LogP contribution in [0.1, 0.15) is 162 Å². The van der Waals surface area contributed by atoms with E-state index >= 15 is 0 Å². The predicted molar refractivity (Wildman–Crippen MR) is 213 cm³/mol. The number of carboxylic acids is 1. The predicted octanol–water partition coefficient (Wildman–Crippen LogP) is 9.52. The quantitative estimate of drug-likeness (QED) is 0.0274. The minimum absolute atomic E-state index is 0.0311. The Balaban J connectivity index is 4.43. The zero-order valence-electron chi connectivity index (χ0n) is 34.0. The normalized spacial score (nSPS) is 13.5. The van der Waals surface area contributed by atoms with Gasteiger partial charge in [0.15, 0.2) is 6.10 Å². The van der Waals surface area contributed by atoms with E-state index in [0.29, 0.717) is 12.8 Å². The zero-order chi connectivity index (χ0) is 38.5. The van der Waals surface area contributed by atoms with Crippen LogP contribution in [0.2, 0.25) is 0 Å². The number of carbonyl (C=O) groups is 3. The molecule has 0 aromatic carbocycles. The number of quaternary nitrogens is 1. The monoisotopic (exact) mass is 732 g/mol. The highest BCUT2D eigenvalue weighted by atomic mass is 16.6. The summed E-state index contributed by atoms with van der Waals surface area (Å²) in [7, 11) is 5.39. The van der Waals surface area contributed by atoms with E-state index in [4.69, 9.17) is 14.2 Å². The van der Waals surface area contributed by atoms with Gasteiger partial charge >= 0.3 is 11.9 Å². The van der Waals surface area contributed by atoms with Gasteiger partial charge < -0.3 is 28.6 Å². The topological polar surface area (TPSA) is 102 Å². The fraction of sp³-hybridized carbons (Fsp3) is 0.750. The van der Waals surface area contributed by atoms with Crippen molar-refractivity contribution in [3.63, 3.8) is 0 Å². The summed E-state index contributed by atoms with van der Waals surface area (Å²) in [6, 6.07) is -0.729. The second kappa shape index (κ2) is 35.3. The van der Waals surface area contributed by atoms with Crippen LogP contribution in [0.15, 0.2) is 48.6 Å². The molecule has 0 fully saturated rings. The van der Waals surface area contributed by atoms with Crippen molar-refractivity contribution >= 4 is 17.9 Å². The van der Waals surface area contributed by atoms with Gasteiger partial charge in [0, 0.05) is 19.3 Å². The van der Waals surface area contributed by atoms with Crippen molar-refractivity contribution in [1.29, 1.82) is 0 Å². The van der Waals surface area contributed by atoms with Gasteiger partial charge in [-0.25, -0.2) is 0 Å². The molecule has 0 bridgehead atoms. The molecule has 2 unspecified atom stereocenters. The fourth-order valence-electron chi connectivity index (χ4n) is 5.79. The molecule has 0 heterocycles. The van der Waals surface area contributed by atoms with Crippen molar-refractivity contribution < 1.29 is 38.2 Å². The molecule has 0 N–H and O–H groups in total. The molecular weight excluding hydrogens is 654 g/mol. The van der Waals surface area contributed by atoms with Crippen molar-refractivity contribution in [2.75, 3.05) is 41.0 Å². The average Bonchev–Trinajstić information content (AvgIpc) is 3.09. The summed E-state index contributed by atoms with van der Waals surface area (Å²) in [5, 5.41) is 11.6. The maximum Gasteiger partial charge on any atom is 0.306 e. The molecule has 8 nitrogen and oxygen atoms in total. The van der Waals surface area contributed by atoms with E-state index in [1.54, 1.807) is 21.1 Å².